The second-order valence-electron chi connectivity index (χ2n) is 9.85. The average molecular weight is 486 g/mol. The number of aromatic amines is 1. The van der Waals surface area contributed by atoms with Gasteiger partial charge in [-0.3, -0.25) is 0 Å². The first-order valence-electron chi connectivity index (χ1n) is 12.1. The minimum Gasteiger partial charge on any atom is -0.475 e. The smallest absolute Gasteiger partial charge is 0.374 e. The lowest BCUT2D eigenvalue weighted by atomic mass is 9.97. The van der Waals surface area contributed by atoms with Crippen molar-refractivity contribution in [3.63, 3.8) is 0 Å². The van der Waals surface area contributed by atoms with E-state index in [0.717, 1.165) is 68.8 Å². The molecule has 4 aromatic heterocycles. The first-order chi connectivity index (χ1) is 17.2. The van der Waals surface area contributed by atoms with Crippen LogP contribution in [0.2, 0.25) is 0 Å². The fraction of sp³-hybridized carbons (Fsp3) is 0.346. The van der Waals surface area contributed by atoms with Crippen molar-refractivity contribution < 1.29 is 14.4 Å². The molecule has 36 heavy (non-hydrogen) atoms. The van der Waals surface area contributed by atoms with Crippen LogP contribution in [0, 0.1) is 20.8 Å². The maximum absolute atomic E-state index is 11.9. The third-order valence-electron chi connectivity index (χ3n) is 6.78. The number of hydrogen-bond donors (Lipinski definition) is 3. The molecule has 4 heterocycles. The summed E-state index contributed by atoms with van der Waals surface area (Å²) in [5, 5.41) is 23.6. The van der Waals surface area contributed by atoms with Crippen molar-refractivity contribution in [2.75, 3.05) is 5.32 Å². The van der Waals surface area contributed by atoms with Gasteiger partial charge in [0, 0.05) is 34.5 Å². The molecule has 1 aliphatic rings. The van der Waals surface area contributed by atoms with Gasteiger partial charge in [-0.15, -0.1) is 0 Å². The minimum absolute atomic E-state index is 0.124. The Bertz CT molecular complexity index is 1650. The van der Waals surface area contributed by atoms with Crippen molar-refractivity contribution in [2.24, 2.45) is 0 Å². The van der Waals surface area contributed by atoms with Gasteiger partial charge in [-0.05, 0) is 70.7 Å². The number of anilines is 2. The number of rotatable bonds is 6. The maximum atomic E-state index is 11.9. The predicted molar refractivity (Wildman–Crippen MR) is 136 cm³/mol. The van der Waals surface area contributed by atoms with Crippen LogP contribution in [0.5, 0.6) is 0 Å². The van der Waals surface area contributed by atoms with E-state index in [9.17, 15) is 9.90 Å². The van der Waals surface area contributed by atoms with Crippen LogP contribution in [-0.4, -0.2) is 41.0 Å². The van der Waals surface area contributed by atoms with E-state index in [1.807, 2.05) is 37.6 Å². The summed E-state index contributed by atoms with van der Waals surface area (Å²) in [6.45, 7) is 9.98. The van der Waals surface area contributed by atoms with Crippen LogP contribution in [0.15, 0.2) is 22.7 Å². The topological polar surface area (TPSA) is 135 Å². The second-order valence-corrected chi connectivity index (χ2v) is 9.85. The molecule has 10 heteroatoms. The first kappa shape index (κ1) is 22.3. The van der Waals surface area contributed by atoms with Gasteiger partial charge in [-0.2, -0.15) is 5.10 Å². The first-order valence-corrected chi connectivity index (χ1v) is 12.1. The van der Waals surface area contributed by atoms with Gasteiger partial charge < -0.3 is 19.9 Å². The number of fused-ring (bicyclic) bond motifs is 3. The number of carboxylic acids is 1. The van der Waals surface area contributed by atoms with E-state index in [4.69, 9.17) is 9.62 Å². The fourth-order valence-corrected chi connectivity index (χ4v) is 4.88. The molecule has 3 N–H and O–H groups in total. The van der Waals surface area contributed by atoms with E-state index in [-0.39, 0.29) is 11.9 Å². The van der Waals surface area contributed by atoms with Gasteiger partial charge in [-0.25, -0.2) is 19.4 Å². The zero-order chi connectivity index (χ0) is 25.3. The summed E-state index contributed by atoms with van der Waals surface area (Å²) in [4.78, 5) is 23.9. The number of carbonyl (C=O) groups is 1. The molecule has 0 saturated heterocycles. The van der Waals surface area contributed by atoms with Gasteiger partial charge in [0.1, 0.15) is 23.0 Å². The summed E-state index contributed by atoms with van der Waals surface area (Å²) in [6.07, 6.45) is 2.29. The molecule has 1 fully saturated rings. The van der Waals surface area contributed by atoms with Gasteiger partial charge >= 0.3 is 5.97 Å². The number of aromatic carboxylic acids is 1. The highest BCUT2D eigenvalue weighted by molar-refractivity contribution is 6.13. The van der Waals surface area contributed by atoms with Gasteiger partial charge in [0.05, 0.1) is 16.8 Å². The second kappa shape index (κ2) is 7.91. The molecule has 0 unspecified atom stereocenters. The van der Waals surface area contributed by atoms with Crippen LogP contribution >= 0.6 is 0 Å². The average Bonchev–Trinajstić information content (AvgIpc) is 3.37. The molecule has 0 bridgehead atoms. The highest BCUT2D eigenvalue weighted by Gasteiger charge is 2.28. The number of H-pyrrole nitrogens is 1. The Morgan fingerprint density at radius 3 is 2.61 bits per heavy atom. The van der Waals surface area contributed by atoms with E-state index >= 15 is 0 Å². The standard InChI is InChI=1S/C26H27N7O3/c1-11(2)33-20(10-18(31-33)15-6-7-15)28-24-22-17-8-12(3)16(21-13(4)32-36-14(21)5)9-19(17)27-23(22)29-25(30-24)26(34)35/h8-11,15H,6-7H2,1-5H3,(H,34,35)(H2,27,28,29,30). The molecule has 0 radical (unpaired) electrons. The van der Waals surface area contributed by atoms with Crippen LogP contribution in [0.1, 0.15) is 72.0 Å². The van der Waals surface area contributed by atoms with Crippen LogP contribution in [0.3, 0.4) is 0 Å². The molecule has 6 rings (SSSR count). The molecule has 10 nitrogen and oxygen atoms in total. The predicted octanol–water partition coefficient (Wildman–Crippen LogP) is 5.79. The van der Waals surface area contributed by atoms with Crippen LogP contribution in [0.4, 0.5) is 11.6 Å². The number of aryl methyl sites for hydroxylation is 3. The minimum atomic E-state index is -1.19. The van der Waals surface area contributed by atoms with E-state index in [2.05, 4.69) is 45.3 Å². The van der Waals surface area contributed by atoms with Crippen LogP contribution < -0.4 is 5.32 Å². The molecule has 5 aromatic rings. The van der Waals surface area contributed by atoms with Crippen molar-refractivity contribution >= 4 is 39.5 Å². The number of nitrogens with one attached hydrogen (secondary N) is 2. The third kappa shape index (κ3) is 3.52. The lowest BCUT2D eigenvalue weighted by Crippen LogP contribution is -2.10. The summed E-state index contributed by atoms with van der Waals surface area (Å²) in [5.41, 5.74) is 6.13. The molecule has 1 aromatic carbocycles. The Labute approximate surface area is 206 Å². The van der Waals surface area contributed by atoms with E-state index in [1.54, 1.807) is 0 Å². The van der Waals surface area contributed by atoms with E-state index in [0.29, 0.717) is 17.4 Å². The van der Waals surface area contributed by atoms with Gasteiger partial charge in [0.15, 0.2) is 0 Å². The summed E-state index contributed by atoms with van der Waals surface area (Å²) in [6, 6.07) is 6.27. The van der Waals surface area contributed by atoms with E-state index < -0.39 is 5.97 Å². The molecule has 1 saturated carbocycles. The number of aromatic nitrogens is 6. The number of benzene rings is 1. The van der Waals surface area contributed by atoms with Crippen molar-refractivity contribution in [2.45, 2.75) is 59.4 Å². The van der Waals surface area contributed by atoms with Gasteiger partial charge in [0.25, 0.3) is 0 Å². The summed E-state index contributed by atoms with van der Waals surface area (Å²) < 4.78 is 7.32. The van der Waals surface area contributed by atoms with E-state index in [1.165, 1.54) is 0 Å². The van der Waals surface area contributed by atoms with Crippen LogP contribution in [0.25, 0.3) is 33.1 Å². The molecule has 0 spiro atoms. The Balaban J connectivity index is 1.56. The van der Waals surface area contributed by atoms with Crippen molar-refractivity contribution in [1.82, 2.24) is 29.9 Å². The fourth-order valence-electron chi connectivity index (χ4n) is 4.88. The number of hydrogen-bond acceptors (Lipinski definition) is 7. The Morgan fingerprint density at radius 1 is 1.19 bits per heavy atom. The molecule has 0 amide bonds. The molecular formula is C26H27N7O3. The van der Waals surface area contributed by atoms with Crippen molar-refractivity contribution in [3.05, 3.63) is 46.7 Å². The molecule has 0 atom stereocenters. The lowest BCUT2D eigenvalue weighted by molar-refractivity contribution is 0.0684. The summed E-state index contributed by atoms with van der Waals surface area (Å²) in [5.74, 6) is 0.970. The lowest BCUT2D eigenvalue weighted by Gasteiger charge is -2.13. The van der Waals surface area contributed by atoms with Gasteiger partial charge in [-0.1, -0.05) is 5.16 Å². The van der Waals surface area contributed by atoms with Crippen LogP contribution in [-0.2, 0) is 0 Å². The zero-order valence-electron chi connectivity index (χ0n) is 20.8. The van der Waals surface area contributed by atoms with Gasteiger partial charge in [0.2, 0.25) is 5.82 Å². The Hall–Kier alpha value is -4.21. The molecule has 184 valence electrons. The summed E-state index contributed by atoms with van der Waals surface area (Å²) >= 11 is 0. The number of carboxylic acid groups (broad SMARTS) is 1. The Kier molecular flexibility index (Phi) is 4.89. The molecule has 1 aliphatic carbocycles. The normalized spacial score (nSPS) is 13.8. The van der Waals surface area contributed by atoms with Crippen molar-refractivity contribution in [1.29, 1.82) is 0 Å². The van der Waals surface area contributed by atoms with Crippen molar-refractivity contribution in [3.8, 4) is 11.1 Å². The number of nitrogens with zero attached hydrogens (tertiary/aromatic N) is 5. The maximum Gasteiger partial charge on any atom is 0.374 e. The molecule has 0 aliphatic heterocycles. The Morgan fingerprint density at radius 2 is 1.97 bits per heavy atom. The third-order valence-corrected chi connectivity index (χ3v) is 6.78. The zero-order valence-corrected chi connectivity index (χ0v) is 20.8. The summed E-state index contributed by atoms with van der Waals surface area (Å²) in [7, 11) is 0. The highest BCUT2D eigenvalue weighted by atomic mass is 16.5. The largest absolute Gasteiger partial charge is 0.475 e. The monoisotopic (exact) mass is 485 g/mol. The molecular weight excluding hydrogens is 458 g/mol. The SMILES string of the molecule is Cc1cc2c(cc1-c1c(C)noc1C)[nH]c1nc(C(=O)O)nc(Nc3cc(C4CC4)nn3C(C)C)c12. The quantitative estimate of drug-likeness (QED) is 0.275. The highest BCUT2D eigenvalue weighted by Crippen LogP contribution is 2.42.